The molecule has 0 radical (unpaired) electrons. The summed E-state index contributed by atoms with van der Waals surface area (Å²) in [5.41, 5.74) is 0.862. The third kappa shape index (κ3) is 1.92. The summed E-state index contributed by atoms with van der Waals surface area (Å²) in [6, 6.07) is 5.54. The molecule has 15 heavy (non-hydrogen) atoms. The van der Waals surface area contributed by atoms with E-state index in [-0.39, 0.29) is 6.10 Å². The molecule has 1 unspecified atom stereocenters. The molecule has 0 aromatic heterocycles. The molecule has 0 saturated carbocycles. The summed E-state index contributed by atoms with van der Waals surface area (Å²) in [5.74, 6) is 1.51. The molecule has 1 aliphatic heterocycles. The summed E-state index contributed by atoms with van der Waals surface area (Å²) < 4.78 is 10.9. The lowest BCUT2D eigenvalue weighted by Crippen LogP contribution is -2.24. The monoisotopic (exact) mass is 208 g/mol. The normalized spacial score (nSPS) is 24.2. The van der Waals surface area contributed by atoms with E-state index in [0.29, 0.717) is 6.42 Å². The van der Waals surface area contributed by atoms with Crippen LogP contribution < -0.4 is 9.47 Å². The number of methoxy groups -OCH3 is 1. The zero-order valence-electron chi connectivity index (χ0n) is 9.06. The topological polar surface area (TPSA) is 38.7 Å². The molecule has 1 N–H and O–H groups in total. The van der Waals surface area contributed by atoms with Gasteiger partial charge in [0.2, 0.25) is 0 Å². The Labute approximate surface area is 89.6 Å². The van der Waals surface area contributed by atoms with Gasteiger partial charge in [-0.2, -0.15) is 0 Å². The van der Waals surface area contributed by atoms with E-state index >= 15 is 0 Å². The van der Waals surface area contributed by atoms with Crippen LogP contribution in [0.25, 0.3) is 0 Å². The Morgan fingerprint density at radius 2 is 2.33 bits per heavy atom. The quantitative estimate of drug-likeness (QED) is 0.810. The molecule has 0 fully saturated rings. The van der Waals surface area contributed by atoms with E-state index in [1.807, 2.05) is 18.2 Å². The van der Waals surface area contributed by atoms with Crippen LogP contribution in [0.5, 0.6) is 11.5 Å². The number of benzene rings is 1. The molecular weight excluding hydrogens is 192 g/mol. The third-order valence-corrected chi connectivity index (χ3v) is 2.81. The standard InChI is InChI=1S/C12H16O3/c1-3-8-6-11(13)10-5-4-9(14-2)7-12(10)15-8/h4-5,7-8,11,13H,3,6H2,1-2H3/t8?,11-/m1/s1. The SMILES string of the molecule is CCC1C[C@@H](O)c2ccc(OC)cc2O1. The van der Waals surface area contributed by atoms with Crippen LogP contribution >= 0.6 is 0 Å². The van der Waals surface area contributed by atoms with E-state index in [9.17, 15) is 5.11 Å². The molecule has 3 heteroatoms. The van der Waals surface area contributed by atoms with E-state index in [4.69, 9.17) is 9.47 Å². The molecule has 3 nitrogen and oxygen atoms in total. The minimum absolute atomic E-state index is 0.111. The van der Waals surface area contributed by atoms with Crippen molar-refractivity contribution in [1.82, 2.24) is 0 Å². The van der Waals surface area contributed by atoms with Crippen LogP contribution in [0.4, 0.5) is 0 Å². The van der Waals surface area contributed by atoms with Crippen molar-refractivity contribution >= 4 is 0 Å². The lowest BCUT2D eigenvalue weighted by Gasteiger charge is -2.29. The van der Waals surface area contributed by atoms with Gasteiger partial charge in [0.25, 0.3) is 0 Å². The third-order valence-electron chi connectivity index (χ3n) is 2.81. The van der Waals surface area contributed by atoms with Crippen molar-refractivity contribution in [3.8, 4) is 11.5 Å². The first-order valence-corrected chi connectivity index (χ1v) is 5.27. The molecule has 1 aromatic carbocycles. The Kier molecular flexibility index (Phi) is 2.82. The summed E-state index contributed by atoms with van der Waals surface area (Å²) in [7, 11) is 1.62. The van der Waals surface area contributed by atoms with Gasteiger partial charge in [-0.25, -0.2) is 0 Å². The van der Waals surface area contributed by atoms with E-state index in [1.165, 1.54) is 0 Å². The van der Waals surface area contributed by atoms with Crippen LogP contribution in [-0.4, -0.2) is 18.3 Å². The van der Waals surface area contributed by atoms with Crippen molar-refractivity contribution in [1.29, 1.82) is 0 Å². The van der Waals surface area contributed by atoms with Crippen molar-refractivity contribution in [3.63, 3.8) is 0 Å². The number of rotatable bonds is 2. The highest BCUT2D eigenvalue weighted by Crippen LogP contribution is 2.37. The minimum atomic E-state index is -0.412. The molecule has 1 heterocycles. The molecule has 1 aromatic rings. The van der Waals surface area contributed by atoms with Gasteiger partial charge in [0.15, 0.2) is 0 Å². The number of fused-ring (bicyclic) bond motifs is 1. The second-order valence-electron chi connectivity index (χ2n) is 3.80. The van der Waals surface area contributed by atoms with Crippen molar-refractivity contribution in [2.45, 2.75) is 32.0 Å². The van der Waals surface area contributed by atoms with Crippen molar-refractivity contribution in [2.24, 2.45) is 0 Å². The highest BCUT2D eigenvalue weighted by molar-refractivity contribution is 5.43. The van der Waals surface area contributed by atoms with E-state index in [2.05, 4.69) is 6.92 Å². The molecule has 2 atom stereocenters. The lowest BCUT2D eigenvalue weighted by atomic mass is 9.98. The second kappa shape index (κ2) is 4.11. The maximum Gasteiger partial charge on any atom is 0.129 e. The molecule has 0 bridgehead atoms. The highest BCUT2D eigenvalue weighted by atomic mass is 16.5. The van der Waals surface area contributed by atoms with Gasteiger partial charge in [0.05, 0.1) is 13.2 Å². The number of aliphatic hydroxyl groups is 1. The predicted molar refractivity (Wildman–Crippen MR) is 57.3 cm³/mol. The fourth-order valence-electron chi connectivity index (χ4n) is 1.87. The number of hydrogen-bond acceptors (Lipinski definition) is 3. The highest BCUT2D eigenvalue weighted by Gasteiger charge is 2.25. The van der Waals surface area contributed by atoms with Crippen molar-refractivity contribution < 1.29 is 14.6 Å². The number of hydrogen-bond donors (Lipinski definition) is 1. The summed E-state index contributed by atoms with van der Waals surface area (Å²) in [6.07, 6.45) is 1.29. The Morgan fingerprint density at radius 1 is 1.53 bits per heavy atom. The van der Waals surface area contributed by atoms with E-state index < -0.39 is 6.10 Å². The molecule has 0 amide bonds. The van der Waals surface area contributed by atoms with Gasteiger partial charge in [-0.15, -0.1) is 0 Å². The second-order valence-corrected chi connectivity index (χ2v) is 3.80. The first-order valence-electron chi connectivity index (χ1n) is 5.27. The maximum absolute atomic E-state index is 9.91. The summed E-state index contributed by atoms with van der Waals surface area (Å²) in [4.78, 5) is 0. The smallest absolute Gasteiger partial charge is 0.129 e. The lowest BCUT2D eigenvalue weighted by molar-refractivity contribution is 0.0640. The number of aliphatic hydroxyl groups excluding tert-OH is 1. The molecular formula is C12H16O3. The first kappa shape index (κ1) is 10.3. The van der Waals surface area contributed by atoms with E-state index in [1.54, 1.807) is 7.11 Å². The van der Waals surface area contributed by atoms with Gasteiger partial charge in [-0.1, -0.05) is 6.92 Å². The average Bonchev–Trinajstić information content (AvgIpc) is 2.28. The Balaban J connectivity index is 2.33. The van der Waals surface area contributed by atoms with Crippen LogP contribution in [0.15, 0.2) is 18.2 Å². The number of ether oxygens (including phenoxy) is 2. The van der Waals surface area contributed by atoms with Crippen LogP contribution in [0.1, 0.15) is 31.4 Å². The molecule has 0 saturated heterocycles. The van der Waals surface area contributed by atoms with Gasteiger partial charge in [-0.3, -0.25) is 0 Å². The van der Waals surface area contributed by atoms with E-state index in [0.717, 1.165) is 23.5 Å². The molecule has 0 aliphatic carbocycles. The van der Waals surface area contributed by atoms with Gasteiger partial charge < -0.3 is 14.6 Å². The molecule has 0 spiro atoms. The largest absolute Gasteiger partial charge is 0.497 e. The summed E-state index contributed by atoms with van der Waals surface area (Å²) >= 11 is 0. The zero-order chi connectivity index (χ0) is 10.8. The van der Waals surface area contributed by atoms with Crippen LogP contribution in [0.3, 0.4) is 0 Å². The van der Waals surface area contributed by atoms with Crippen LogP contribution in [0.2, 0.25) is 0 Å². The molecule has 1 aliphatic rings. The fraction of sp³-hybridized carbons (Fsp3) is 0.500. The van der Waals surface area contributed by atoms with Crippen LogP contribution in [0, 0.1) is 0 Å². The summed E-state index contributed by atoms with van der Waals surface area (Å²) in [6.45, 7) is 2.06. The Hall–Kier alpha value is -1.22. The first-order chi connectivity index (χ1) is 7.24. The minimum Gasteiger partial charge on any atom is -0.497 e. The average molecular weight is 208 g/mol. The maximum atomic E-state index is 9.91. The fourth-order valence-corrected chi connectivity index (χ4v) is 1.87. The van der Waals surface area contributed by atoms with Crippen molar-refractivity contribution in [3.05, 3.63) is 23.8 Å². The zero-order valence-corrected chi connectivity index (χ0v) is 9.06. The van der Waals surface area contributed by atoms with Gasteiger partial charge in [0.1, 0.15) is 17.6 Å². The molecule has 82 valence electrons. The summed E-state index contributed by atoms with van der Waals surface area (Å²) in [5, 5.41) is 9.91. The Bertz CT molecular complexity index is 349. The van der Waals surface area contributed by atoms with Gasteiger partial charge >= 0.3 is 0 Å². The predicted octanol–water partition coefficient (Wildman–Crippen LogP) is 2.29. The van der Waals surface area contributed by atoms with Crippen LogP contribution in [-0.2, 0) is 0 Å². The van der Waals surface area contributed by atoms with Crippen molar-refractivity contribution in [2.75, 3.05) is 7.11 Å². The molecule has 2 rings (SSSR count). The van der Waals surface area contributed by atoms with Gasteiger partial charge in [0, 0.05) is 18.1 Å². The van der Waals surface area contributed by atoms with Gasteiger partial charge in [-0.05, 0) is 18.6 Å². The Morgan fingerprint density at radius 3 is 3.00 bits per heavy atom.